The number of anilines is 2. The number of urea groups is 1. The van der Waals surface area contributed by atoms with Gasteiger partial charge in [0, 0.05) is 43.9 Å². The van der Waals surface area contributed by atoms with Crippen molar-refractivity contribution in [1.82, 2.24) is 20.0 Å². The van der Waals surface area contributed by atoms with E-state index in [1.807, 2.05) is 84.6 Å². The van der Waals surface area contributed by atoms with Gasteiger partial charge in [-0.25, -0.2) is 9.78 Å². The Labute approximate surface area is 227 Å². The zero-order valence-corrected chi connectivity index (χ0v) is 21.9. The number of benzene rings is 3. The predicted octanol–water partition coefficient (Wildman–Crippen LogP) is 5.93. The van der Waals surface area contributed by atoms with Crippen LogP contribution in [0, 0.1) is 6.92 Å². The molecule has 3 heterocycles. The number of hydrogen-bond acceptors (Lipinski definition) is 6. The lowest BCUT2D eigenvalue weighted by Crippen LogP contribution is -2.38. The van der Waals surface area contributed by atoms with E-state index in [1.165, 1.54) is 0 Å². The summed E-state index contributed by atoms with van der Waals surface area (Å²) in [6, 6.07) is 27.9. The van der Waals surface area contributed by atoms with Crippen LogP contribution in [0.4, 0.5) is 16.3 Å². The number of carbonyl (C=O) groups excluding carboxylic acids is 1. The van der Waals surface area contributed by atoms with Crippen LogP contribution in [0.25, 0.3) is 22.4 Å². The Bertz CT molecular complexity index is 1590. The molecule has 1 fully saturated rings. The fourth-order valence-corrected chi connectivity index (χ4v) is 5.02. The SMILES string of the molecule is Cc1cccc(NC(=O)N2CCCN(c3nc(Cc4ccccc4)nc4onc(-c5ccccc5)c34)CC2)c1. The van der Waals surface area contributed by atoms with Crippen LogP contribution < -0.4 is 10.2 Å². The van der Waals surface area contributed by atoms with Gasteiger partial charge in [-0.2, -0.15) is 4.98 Å². The van der Waals surface area contributed by atoms with E-state index < -0.39 is 0 Å². The molecule has 2 aromatic heterocycles. The summed E-state index contributed by atoms with van der Waals surface area (Å²) in [5, 5.41) is 8.26. The number of nitrogens with zero attached hydrogens (tertiary/aromatic N) is 5. The predicted molar refractivity (Wildman–Crippen MR) is 153 cm³/mol. The fourth-order valence-electron chi connectivity index (χ4n) is 5.02. The normalized spacial score (nSPS) is 13.9. The quantitative estimate of drug-likeness (QED) is 0.310. The first-order valence-corrected chi connectivity index (χ1v) is 13.3. The van der Waals surface area contributed by atoms with Crippen molar-refractivity contribution in [2.24, 2.45) is 0 Å². The summed E-state index contributed by atoms with van der Waals surface area (Å²) in [7, 11) is 0. The van der Waals surface area contributed by atoms with Crippen LogP contribution >= 0.6 is 0 Å². The highest BCUT2D eigenvalue weighted by atomic mass is 16.5. The molecule has 1 aliphatic heterocycles. The first-order valence-electron chi connectivity index (χ1n) is 13.3. The number of aryl methyl sites for hydroxylation is 1. The molecule has 39 heavy (non-hydrogen) atoms. The van der Waals surface area contributed by atoms with E-state index >= 15 is 0 Å². The Morgan fingerprint density at radius 3 is 2.49 bits per heavy atom. The molecule has 0 saturated carbocycles. The lowest BCUT2D eigenvalue weighted by atomic mass is 10.1. The maximum absolute atomic E-state index is 13.1. The van der Waals surface area contributed by atoms with Gasteiger partial charge in [0.2, 0.25) is 0 Å². The summed E-state index contributed by atoms with van der Waals surface area (Å²) >= 11 is 0. The molecule has 1 saturated heterocycles. The third-order valence-corrected chi connectivity index (χ3v) is 6.97. The zero-order valence-electron chi connectivity index (χ0n) is 21.9. The number of rotatable bonds is 5. The summed E-state index contributed by atoms with van der Waals surface area (Å²) in [6.45, 7) is 4.64. The summed E-state index contributed by atoms with van der Waals surface area (Å²) in [5.74, 6) is 1.48. The second kappa shape index (κ2) is 10.9. The minimum atomic E-state index is -0.0880. The number of fused-ring (bicyclic) bond motifs is 1. The van der Waals surface area contributed by atoms with Crippen molar-refractivity contribution in [2.75, 3.05) is 36.4 Å². The number of nitrogens with one attached hydrogen (secondary N) is 1. The molecule has 5 aromatic rings. The smallest absolute Gasteiger partial charge is 0.321 e. The van der Waals surface area contributed by atoms with Gasteiger partial charge in [0.05, 0.1) is 0 Å². The number of hydrogen-bond donors (Lipinski definition) is 1. The maximum atomic E-state index is 13.1. The Morgan fingerprint density at radius 1 is 0.897 bits per heavy atom. The van der Waals surface area contributed by atoms with Crippen LogP contribution in [0.15, 0.2) is 89.5 Å². The molecule has 1 aliphatic rings. The van der Waals surface area contributed by atoms with Crippen molar-refractivity contribution >= 4 is 28.6 Å². The molecule has 8 heteroatoms. The average molecular weight is 519 g/mol. The standard InChI is InChI=1S/C31H30N6O2/c1-22-10-8-15-25(20-22)32-31(38)37-17-9-16-36(18-19-37)29-27-28(24-13-6-3-7-14-24)35-39-30(27)34-26(33-29)21-23-11-4-2-5-12-23/h2-8,10-15,20H,9,16-19,21H2,1H3,(H,32,38). The van der Waals surface area contributed by atoms with E-state index in [0.29, 0.717) is 37.6 Å². The second-order valence-corrected chi connectivity index (χ2v) is 9.83. The third-order valence-electron chi connectivity index (χ3n) is 6.97. The molecule has 0 bridgehead atoms. The van der Waals surface area contributed by atoms with Gasteiger partial charge in [-0.3, -0.25) is 0 Å². The molecule has 0 aliphatic carbocycles. The van der Waals surface area contributed by atoms with Crippen LogP contribution in [0.1, 0.15) is 23.4 Å². The van der Waals surface area contributed by atoms with Crippen LogP contribution in [-0.2, 0) is 6.42 Å². The van der Waals surface area contributed by atoms with Gasteiger partial charge in [-0.05, 0) is 36.6 Å². The molecule has 8 nitrogen and oxygen atoms in total. The second-order valence-electron chi connectivity index (χ2n) is 9.83. The molecule has 6 rings (SSSR count). The molecule has 2 amide bonds. The Kier molecular flexibility index (Phi) is 6.91. The van der Waals surface area contributed by atoms with Crippen LogP contribution in [-0.4, -0.2) is 52.2 Å². The van der Waals surface area contributed by atoms with Gasteiger partial charge in [0.25, 0.3) is 5.71 Å². The summed E-state index contributed by atoms with van der Waals surface area (Å²) in [4.78, 5) is 27.0. The van der Waals surface area contributed by atoms with Crippen molar-refractivity contribution < 1.29 is 9.32 Å². The Balaban J connectivity index is 1.31. The molecule has 0 radical (unpaired) electrons. The fraction of sp³-hybridized carbons (Fsp3) is 0.226. The van der Waals surface area contributed by atoms with E-state index in [-0.39, 0.29) is 6.03 Å². The van der Waals surface area contributed by atoms with Gasteiger partial charge in [-0.15, -0.1) is 0 Å². The molecule has 3 aromatic carbocycles. The highest BCUT2D eigenvalue weighted by molar-refractivity contribution is 5.98. The van der Waals surface area contributed by atoms with E-state index in [9.17, 15) is 4.79 Å². The highest BCUT2D eigenvalue weighted by Crippen LogP contribution is 2.34. The summed E-state index contributed by atoms with van der Waals surface area (Å²) in [5.41, 5.74) is 5.19. The Morgan fingerprint density at radius 2 is 1.69 bits per heavy atom. The van der Waals surface area contributed by atoms with Gasteiger partial charge in [-0.1, -0.05) is 78.0 Å². The van der Waals surface area contributed by atoms with E-state index in [2.05, 4.69) is 27.5 Å². The highest BCUT2D eigenvalue weighted by Gasteiger charge is 2.26. The molecule has 196 valence electrons. The maximum Gasteiger partial charge on any atom is 0.321 e. The first-order chi connectivity index (χ1) is 19.1. The zero-order chi connectivity index (χ0) is 26.6. The summed E-state index contributed by atoms with van der Waals surface area (Å²) < 4.78 is 5.78. The molecule has 0 atom stereocenters. The van der Waals surface area contributed by atoms with Gasteiger partial charge in [0.15, 0.2) is 0 Å². The van der Waals surface area contributed by atoms with Crippen LogP contribution in [0.2, 0.25) is 0 Å². The van der Waals surface area contributed by atoms with Crippen LogP contribution in [0.3, 0.4) is 0 Å². The van der Waals surface area contributed by atoms with Gasteiger partial charge in [0.1, 0.15) is 22.7 Å². The molecular weight excluding hydrogens is 488 g/mol. The van der Waals surface area contributed by atoms with E-state index in [0.717, 1.165) is 52.2 Å². The molecule has 1 N–H and O–H groups in total. The monoisotopic (exact) mass is 518 g/mol. The van der Waals surface area contributed by atoms with Crippen molar-refractivity contribution in [1.29, 1.82) is 0 Å². The van der Waals surface area contributed by atoms with E-state index in [1.54, 1.807) is 0 Å². The number of carbonyl (C=O) groups is 1. The lowest BCUT2D eigenvalue weighted by Gasteiger charge is -2.24. The average Bonchev–Trinajstić information content (AvgIpc) is 3.22. The summed E-state index contributed by atoms with van der Waals surface area (Å²) in [6.07, 6.45) is 1.40. The van der Waals surface area contributed by atoms with Crippen molar-refractivity contribution in [3.63, 3.8) is 0 Å². The topological polar surface area (TPSA) is 87.4 Å². The first kappa shape index (κ1) is 24.6. The van der Waals surface area contributed by atoms with Crippen molar-refractivity contribution in [3.05, 3.63) is 102 Å². The number of aromatic nitrogens is 3. The van der Waals surface area contributed by atoms with Crippen molar-refractivity contribution in [3.8, 4) is 11.3 Å². The minimum Gasteiger partial charge on any atom is -0.354 e. The third kappa shape index (κ3) is 5.45. The van der Waals surface area contributed by atoms with Gasteiger partial charge < -0.3 is 19.6 Å². The minimum absolute atomic E-state index is 0.0880. The van der Waals surface area contributed by atoms with Gasteiger partial charge >= 0.3 is 6.03 Å². The molecule has 0 unspecified atom stereocenters. The molecular formula is C31H30N6O2. The van der Waals surface area contributed by atoms with E-state index in [4.69, 9.17) is 14.5 Å². The lowest BCUT2D eigenvalue weighted by molar-refractivity contribution is 0.215. The Hall–Kier alpha value is -4.72. The largest absolute Gasteiger partial charge is 0.354 e. The van der Waals surface area contributed by atoms with Crippen molar-refractivity contribution in [2.45, 2.75) is 19.8 Å². The number of amides is 2. The molecule has 0 spiro atoms. The van der Waals surface area contributed by atoms with Crippen LogP contribution in [0.5, 0.6) is 0 Å².